The fraction of sp³-hybridized carbons (Fsp3) is 1.00. The molecule has 36 valence electrons. The molecule has 0 spiro atoms. The van der Waals surface area contributed by atoms with E-state index in [4.69, 9.17) is 15.3 Å². The summed E-state index contributed by atoms with van der Waals surface area (Å²) < 4.78 is 65.5. The van der Waals surface area contributed by atoms with Crippen molar-refractivity contribution in [3.8, 4) is 0 Å². The summed E-state index contributed by atoms with van der Waals surface area (Å²) in [4.78, 5) is 0. The van der Waals surface area contributed by atoms with Crippen LogP contribution >= 0.6 is 0 Å². The summed E-state index contributed by atoms with van der Waals surface area (Å²) in [6.07, 6.45) is -0.250. The molecule has 0 aliphatic rings. The van der Waals surface area contributed by atoms with Gasteiger partial charge in [0.2, 0.25) is 2.86 Å². The molecule has 0 aromatic heterocycles. The molecule has 0 heterocycles. The summed E-state index contributed by atoms with van der Waals surface area (Å²) in [5.74, 6) is 0. The van der Waals surface area contributed by atoms with Crippen molar-refractivity contribution < 1.29 is 22.7 Å². The molecule has 0 aliphatic heterocycles. The topological polar surface area (TPSA) is 75.5 Å². The van der Waals surface area contributed by atoms with E-state index in [0.29, 0.717) is 0 Å². The molecule has 0 atom stereocenters. The highest BCUT2D eigenvalue weighted by Gasteiger charge is 0.841. The fourth-order valence-electron chi connectivity index (χ4n) is 0. The van der Waals surface area contributed by atoms with E-state index in [1.165, 1.54) is 0 Å². The average Bonchev–Trinajstić information content (AvgIpc) is 2.02. The summed E-state index contributed by atoms with van der Waals surface area (Å²) in [6, 6.07) is 0. The van der Waals surface area contributed by atoms with Crippen LogP contribution in [0.3, 0.4) is 0 Å². The monoisotopic (exact) mass is 92.1 g/mol. The van der Waals surface area contributed by atoms with Crippen LogP contribution in [0.15, 0.2) is 0 Å². The Labute approximate surface area is 47.6 Å². The molecule has 0 unspecified atom stereocenters. The maximum atomic E-state index is 6.10. The van der Waals surface area contributed by atoms with Gasteiger partial charge in [-0.1, -0.05) is 0 Å². The lowest BCUT2D eigenvalue weighted by atomic mass is 11.8. The first-order chi connectivity index (χ1) is 6.85. The number of rotatable bonds is 0. The van der Waals surface area contributed by atoms with Crippen molar-refractivity contribution in [1.29, 1.82) is 2.86 Å². The second-order valence-electron chi connectivity index (χ2n) is 0. The van der Waals surface area contributed by atoms with E-state index in [1.807, 2.05) is 0 Å². The van der Waals surface area contributed by atoms with Crippen molar-refractivity contribution in [3.63, 3.8) is 0 Å². The average molecular weight is 92.2 g/mol. The first-order valence-electron chi connectivity index (χ1n) is 5.57. The van der Waals surface area contributed by atoms with Crippen molar-refractivity contribution in [2.75, 3.05) is 14.1 Å². The highest BCUT2D eigenvalue weighted by atomic mass is 16.2. The molecule has 0 aromatic carbocycles. The molecule has 0 aliphatic carbocycles. The Morgan fingerprint density at radius 2 is 2.20 bits per heavy atom. The SMILES string of the molecule is [2H]N([2H])[2H].[2H]OC([2H])([2H])[2H].[2H]OC([2H])([2H])[2H]. The van der Waals surface area contributed by atoms with Crippen molar-refractivity contribution in [1.82, 2.24) is 6.13 Å². The van der Waals surface area contributed by atoms with Gasteiger partial charge in [0.1, 0.15) is 4.24 Å². The summed E-state index contributed by atoms with van der Waals surface area (Å²) >= 11 is 0. The first kappa shape index (κ1) is 0.443. The van der Waals surface area contributed by atoms with Crippen LogP contribution in [0.2, 0.25) is 4.24 Å². The standard InChI is InChI=1S/2CH4O.H3N/c2*1-2;/h2*2H,1H3;1H3/i2*1D3,2D;/hD3. The van der Waals surface area contributed by atoms with Gasteiger partial charge in [0.05, 0.1) is 8.22 Å². The second kappa shape index (κ2) is 2230. The molecule has 0 radical (unpaired) electrons. The van der Waals surface area contributed by atoms with Gasteiger partial charge in [-0.3, -0.25) is 0 Å². The van der Waals surface area contributed by atoms with Crippen LogP contribution in [-0.2, 0) is 0 Å². The van der Waals surface area contributed by atoms with Gasteiger partial charge in [0.25, 0.3) is 0 Å². The largest absolute Gasteiger partial charge is 0.400 e. The third-order valence-corrected chi connectivity index (χ3v) is 0. The normalized spacial score (nSPS) is 38.2. The minimum Gasteiger partial charge on any atom is -0.400 e. The van der Waals surface area contributed by atoms with Gasteiger partial charge in [0, 0.05) is 14.1 Å². The van der Waals surface area contributed by atoms with Gasteiger partial charge in [-0.2, -0.15) is 0 Å². The molecular weight excluding hydrogens is 70.0 g/mol. The predicted molar refractivity (Wildman–Crippen MR) is 21.3 cm³/mol. The Bertz CT molecular complexity index is 123. The quantitative estimate of drug-likeness (QED) is 0.372. The maximum absolute atomic E-state index is 6.10. The van der Waals surface area contributed by atoms with E-state index < -0.39 is 14.1 Å². The lowest BCUT2D eigenvalue weighted by molar-refractivity contribution is 0.399. The van der Waals surface area contributed by atoms with Crippen LogP contribution in [0.4, 0.5) is 0 Å². The first-order valence-corrected chi connectivity index (χ1v) is 0.408. The van der Waals surface area contributed by atoms with Crippen LogP contribution < -0.4 is 6.13 Å². The molecule has 0 saturated heterocycles. The smallest absolute Gasteiger partial charge is 0.210 e. The van der Waals surface area contributed by atoms with Gasteiger partial charge < -0.3 is 16.3 Å². The van der Waals surface area contributed by atoms with Crippen LogP contribution in [-0.4, -0.2) is 27.2 Å². The molecule has 0 rings (SSSR count). The van der Waals surface area contributed by atoms with Crippen LogP contribution in [0.1, 0.15) is 8.22 Å². The summed E-state index contributed by atoms with van der Waals surface area (Å²) in [7, 11) is -5.08. The van der Waals surface area contributed by atoms with Crippen molar-refractivity contribution in [2.45, 2.75) is 0 Å². The molecule has 3 heteroatoms. The summed E-state index contributed by atoms with van der Waals surface area (Å²) in [5.41, 5.74) is 0. The van der Waals surface area contributed by atoms with E-state index in [0.717, 1.165) is 0 Å². The van der Waals surface area contributed by atoms with Gasteiger partial charge in [-0.15, -0.1) is 0 Å². The Balaban J connectivity index is -0.000000162. The molecule has 5 N–H and O–H groups in total. The van der Waals surface area contributed by atoms with Crippen molar-refractivity contribution >= 4 is 0 Å². The Morgan fingerprint density at radius 3 is 2.20 bits per heavy atom. The maximum Gasteiger partial charge on any atom is 0.210 e. The lowest BCUT2D eigenvalue weighted by Crippen LogP contribution is -1.25. The van der Waals surface area contributed by atoms with Gasteiger partial charge in [0.15, 0.2) is 0 Å². The van der Waals surface area contributed by atoms with Crippen LogP contribution in [0, 0.1) is 0 Å². The van der Waals surface area contributed by atoms with Gasteiger partial charge in [-0.05, 0) is 0 Å². The van der Waals surface area contributed by atoms with E-state index in [-0.39, 0.29) is 6.13 Å². The van der Waals surface area contributed by atoms with Crippen LogP contribution in [0.25, 0.3) is 0 Å². The molecule has 0 fully saturated rings. The summed E-state index contributed by atoms with van der Waals surface area (Å²) in [5, 5.41) is 6.38. The van der Waals surface area contributed by atoms with Gasteiger partial charge in [-0.25, -0.2) is 0 Å². The van der Waals surface area contributed by atoms with Gasteiger partial charge >= 0.3 is 0 Å². The molecule has 0 aromatic rings. The highest BCUT2D eigenvalue weighted by Crippen LogP contribution is 0.757. The molecule has 0 saturated carbocycles. The van der Waals surface area contributed by atoms with E-state index in [2.05, 4.69) is 10.2 Å². The zero-order chi connectivity index (χ0) is 14.0. The number of hydrogen-bond acceptors (Lipinski definition) is 3. The van der Waals surface area contributed by atoms with Crippen LogP contribution in [0.5, 0.6) is 0 Å². The third-order valence-electron chi connectivity index (χ3n) is 0. The van der Waals surface area contributed by atoms with Crippen molar-refractivity contribution in [2.24, 2.45) is 0 Å². The predicted octanol–water partition coefficient (Wildman–Crippen LogP) is -0.621. The number of aliphatic hydroxyl groups is 2. The van der Waals surface area contributed by atoms with E-state index in [9.17, 15) is 0 Å². The summed E-state index contributed by atoms with van der Waals surface area (Å²) in [6.45, 7) is 0. The molecular formula is C2H11NO2. The molecule has 5 heavy (non-hydrogen) atoms. The zero-order valence-corrected chi connectivity index (χ0v) is 2.26. The molecule has 0 amide bonds. The minimum absolute atomic E-state index is 0.250. The lowest BCUT2D eigenvalue weighted by Gasteiger charge is -1.21. The fourth-order valence-corrected chi connectivity index (χ4v) is 0. The minimum atomic E-state index is -2.54. The zero-order valence-electron chi connectivity index (χ0n) is 13.3. The molecule has 0 bridgehead atoms. The highest BCUT2D eigenvalue weighted by molar-refractivity contribution is 3.18. The van der Waals surface area contributed by atoms with E-state index >= 15 is 0 Å². The van der Waals surface area contributed by atoms with Crippen molar-refractivity contribution in [3.05, 3.63) is 0 Å². The second-order valence-corrected chi connectivity index (χ2v) is 0. The Hall–Kier alpha value is -0.120. The Kier molecular flexibility index (Phi) is 198. The number of hydrogen-bond donors (Lipinski definition) is 3. The third kappa shape index (κ3) is 952. The van der Waals surface area contributed by atoms with E-state index in [1.54, 1.807) is 0 Å². The molecule has 3 nitrogen and oxygen atoms in total. The Morgan fingerprint density at radius 1 is 2.00 bits per heavy atom.